The van der Waals surface area contributed by atoms with Gasteiger partial charge in [-0.25, -0.2) is 0 Å². The molecule has 2 rings (SSSR count). The van der Waals surface area contributed by atoms with Crippen LogP contribution < -0.4 is 5.32 Å². The number of rotatable bonds is 4. The quantitative estimate of drug-likeness (QED) is 0.904. The standard InChI is InChI=1S/C12H12BrClN2/c13-9-1-2-11(10(14)7-9)16-8-12(3-4-12)5-6-15/h1-2,7,16H,3-5,8H2. The van der Waals surface area contributed by atoms with E-state index in [2.05, 4.69) is 27.3 Å². The van der Waals surface area contributed by atoms with Gasteiger partial charge in [0.1, 0.15) is 0 Å². The van der Waals surface area contributed by atoms with Crippen molar-refractivity contribution >= 4 is 33.2 Å². The largest absolute Gasteiger partial charge is 0.383 e. The molecule has 1 aromatic rings. The fraction of sp³-hybridized carbons (Fsp3) is 0.417. The molecule has 0 aromatic heterocycles. The molecule has 0 aliphatic heterocycles. The minimum absolute atomic E-state index is 0.200. The van der Waals surface area contributed by atoms with Crippen molar-refractivity contribution in [2.24, 2.45) is 5.41 Å². The van der Waals surface area contributed by atoms with Gasteiger partial charge in [0.25, 0.3) is 0 Å². The first-order chi connectivity index (χ1) is 7.65. The molecule has 4 heteroatoms. The summed E-state index contributed by atoms with van der Waals surface area (Å²) >= 11 is 9.47. The van der Waals surface area contributed by atoms with E-state index in [4.69, 9.17) is 16.9 Å². The Labute approximate surface area is 109 Å². The molecule has 1 aliphatic carbocycles. The maximum absolute atomic E-state index is 8.72. The molecule has 0 radical (unpaired) electrons. The summed E-state index contributed by atoms with van der Waals surface area (Å²) in [6.45, 7) is 0.835. The summed E-state index contributed by atoms with van der Waals surface area (Å²) in [7, 11) is 0. The lowest BCUT2D eigenvalue weighted by Crippen LogP contribution is -2.14. The van der Waals surface area contributed by atoms with Crippen molar-refractivity contribution in [1.82, 2.24) is 0 Å². The molecule has 1 saturated carbocycles. The van der Waals surface area contributed by atoms with Crippen LogP contribution in [0.2, 0.25) is 5.02 Å². The van der Waals surface area contributed by atoms with Gasteiger partial charge in [-0.05, 0) is 31.0 Å². The lowest BCUT2D eigenvalue weighted by molar-refractivity contribution is 0.557. The molecule has 0 heterocycles. The lowest BCUT2D eigenvalue weighted by atomic mass is 10.0. The second-order valence-corrected chi connectivity index (χ2v) is 5.64. The van der Waals surface area contributed by atoms with Crippen LogP contribution in [0.15, 0.2) is 22.7 Å². The molecule has 0 unspecified atom stereocenters. The van der Waals surface area contributed by atoms with Crippen molar-refractivity contribution in [3.05, 3.63) is 27.7 Å². The predicted molar refractivity (Wildman–Crippen MR) is 69.5 cm³/mol. The zero-order valence-corrected chi connectivity index (χ0v) is 11.1. The van der Waals surface area contributed by atoms with Crippen molar-refractivity contribution in [1.29, 1.82) is 5.26 Å². The van der Waals surface area contributed by atoms with Gasteiger partial charge >= 0.3 is 0 Å². The summed E-state index contributed by atoms with van der Waals surface area (Å²) < 4.78 is 0.973. The summed E-state index contributed by atoms with van der Waals surface area (Å²) in [5.74, 6) is 0. The zero-order chi connectivity index (χ0) is 11.6. The average molecular weight is 300 g/mol. The van der Waals surface area contributed by atoms with Gasteiger partial charge in [0, 0.05) is 22.9 Å². The maximum Gasteiger partial charge on any atom is 0.0648 e. The highest BCUT2D eigenvalue weighted by Gasteiger charge is 2.42. The molecular weight excluding hydrogens is 288 g/mol. The maximum atomic E-state index is 8.72. The molecule has 0 bridgehead atoms. The molecule has 2 nitrogen and oxygen atoms in total. The van der Waals surface area contributed by atoms with E-state index in [1.165, 1.54) is 0 Å². The fourth-order valence-electron chi connectivity index (χ4n) is 1.68. The normalized spacial score (nSPS) is 16.6. The SMILES string of the molecule is N#CCC1(CNc2ccc(Br)cc2Cl)CC1. The smallest absolute Gasteiger partial charge is 0.0648 e. The first-order valence-corrected chi connectivity index (χ1v) is 6.38. The topological polar surface area (TPSA) is 35.8 Å². The third-order valence-corrected chi connectivity index (χ3v) is 3.80. The molecule has 84 valence electrons. The molecule has 0 amide bonds. The summed E-state index contributed by atoms with van der Waals surface area (Å²) in [6.07, 6.45) is 2.91. The number of nitriles is 1. The minimum atomic E-state index is 0.200. The van der Waals surface area contributed by atoms with Gasteiger partial charge in [-0.2, -0.15) is 5.26 Å². The van der Waals surface area contributed by atoms with Crippen LogP contribution in [0.3, 0.4) is 0 Å². The van der Waals surface area contributed by atoms with E-state index in [0.717, 1.165) is 29.5 Å². The molecule has 1 N–H and O–H groups in total. The van der Waals surface area contributed by atoms with Crippen LogP contribution in [0.4, 0.5) is 5.69 Å². The van der Waals surface area contributed by atoms with Gasteiger partial charge in [-0.1, -0.05) is 27.5 Å². The molecule has 1 aliphatic rings. The molecule has 1 fully saturated rings. The number of anilines is 1. The van der Waals surface area contributed by atoms with E-state index in [1.54, 1.807) is 0 Å². The van der Waals surface area contributed by atoms with Crippen molar-refractivity contribution in [2.45, 2.75) is 19.3 Å². The molecule has 1 aromatic carbocycles. The van der Waals surface area contributed by atoms with Crippen LogP contribution in [-0.4, -0.2) is 6.54 Å². The van der Waals surface area contributed by atoms with Gasteiger partial charge in [0.05, 0.1) is 16.8 Å². The molecular formula is C12H12BrClN2. The van der Waals surface area contributed by atoms with E-state index < -0.39 is 0 Å². The number of hydrogen-bond donors (Lipinski definition) is 1. The predicted octanol–water partition coefficient (Wildman–Crippen LogP) is 4.21. The molecule has 0 spiro atoms. The Hall–Kier alpha value is -0.720. The summed E-state index contributed by atoms with van der Waals surface area (Å²) in [4.78, 5) is 0. The zero-order valence-electron chi connectivity index (χ0n) is 8.76. The van der Waals surface area contributed by atoms with Crippen molar-refractivity contribution in [2.75, 3.05) is 11.9 Å². The van der Waals surface area contributed by atoms with Crippen molar-refractivity contribution in [3.8, 4) is 6.07 Å². The van der Waals surface area contributed by atoms with E-state index in [1.807, 2.05) is 18.2 Å². The van der Waals surface area contributed by atoms with E-state index in [9.17, 15) is 0 Å². The Balaban J connectivity index is 1.98. The number of benzene rings is 1. The van der Waals surface area contributed by atoms with E-state index >= 15 is 0 Å². The van der Waals surface area contributed by atoms with Crippen LogP contribution in [0.5, 0.6) is 0 Å². The monoisotopic (exact) mass is 298 g/mol. The second-order valence-electron chi connectivity index (χ2n) is 4.31. The molecule has 0 atom stereocenters. The fourth-order valence-corrected chi connectivity index (χ4v) is 2.42. The Bertz CT molecular complexity index is 435. The minimum Gasteiger partial charge on any atom is -0.383 e. The number of nitrogens with one attached hydrogen (secondary N) is 1. The van der Waals surface area contributed by atoms with Crippen LogP contribution in [0.25, 0.3) is 0 Å². The third kappa shape index (κ3) is 2.69. The third-order valence-electron chi connectivity index (χ3n) is 3.00. The molecule has 0 saturated heterocycles. The lowest BCUT2D eigenvalue weighted by Gasteiger charge is -2.14. The van der Waals surface area contributed by atoms with E-state index in [-0.39, 0.29) is 5.41 Å². The Morgan fingerprint density at radius 3 is 2.81 bits per heavy atom. The summed E-state index contributed by atoms with van der Waals surface area (Å²) in [5.41, 5.74) is 1.14. The molecule has 16 heavy (non-hydrogen) atoms. The highest BCUT2D eigenvalue weighted by atomic mass is 79.9. The van der Waals surface area contributed by atoms with Crippen molar-refractivity contribution < 1.29 is 0 Å². The van der Waals surface area contributed by atoms with Gasteiger partial charge < -0.3 is 5.32 Å². The first-order valence-electron chi connectivity index (χ1n) is 5.21. The van der Waals surface area contributed by atoms with Crippen LogP contribution in [0, 0.1) is 16.7 Å². The number of nitrogens with zero attached hydrogens (tertiary/aromatic N) is 1. The van der Waals surface area contributed by atoms with Crippen molar-refractivity contribution in [3.63, 3.8) is 0 Å². The number of halogens is 2. The number of hydrogen-bond acceptors (Lipinski definition) is 2. The van der Waals surface area contributed by atoms with Gasteiger partial charge in [-0.15, -0.1) is 0 Å². The van der Waals surface area contributed by atoms with Crippen LogP contribution in [-0.2, 0) is 0 Å². The van der Waals surface area contributed by atoms with Gasteiger partial charge in [0.2, 0.25) is 0 Å². The summed E-state index contributed by atoms with van der Waals surface area (Å²) in [5, 5.41) is 12.8. The highest BCUT2D eigenvalue weighted by molar-refractivity contribution is 9.10. The average Bonchev–Trinajstić information content (AvgIpc) is 2.98. The Morgan fingerprint density at radius 1 is 1.50 bits per heavy atom. The first kappa shape index (κ1) is 11.8. The van der Waals surface area contributed by atoms with E-state index in [0.29, 0.717) is 11.4 Å². The Kier molecular flexibility index (Phi) is 3.41. The van der Waals surface area contributed by atoms with Crippen LogP contribution >= 0.6 is 27.5 Å². The van der Waals surface area contributed by atoms with Gasteiger partial charge in [-0.3, -0.25) is 0 Å². The summed E-state index contributed by atoms with van der Waals surface area (Å²) in [6, 6.07) is 8.03. The van der Waals surface area contributed by atoms with Gasteiger partial charge in [0.15, 0.2) is 0 Å². The van der Waals surface area contributed by atoms with Crippen LogP contribution in [0.1, 0.15) is 19.3 Å². The highest BCUT2D eigenvalue weighted by Crippen LogP contribution is 2.48. The Morgan fingerprint density at radius 2 is 2.25 bits per heavy atom. The second kappa shape index (κ2) is 4.65.